The Bertz CT molecular complexity index is 847. The minimum absolute atomic E-state index is 0.0176. The van der Waals surface area contributed by atoms with E-state index in [0.717, 1.165) is 29.0 Å². The van der Waals surface area contributed by atoms with Crippen molar-refractivity contribution < 1.29 is 19.4 Å². The molecule has 1 N–H and O–H groups in total. The smallest absolute Gasteiger partial charge is 0.312 e. The number of benzene rings is 2. The largest absolute Gasteiger partial charge is 0.497 e. The SMILES string of the molecule is COc1cccc(C2CC2C(=O)N2CC(C(=O)O)c3ccccc32)c1. The number of aliphatic carboxylic acids is 1. The Balaban J connectivity index is 1.56. The number of nitrogens with zero attached hydrogens (tertiary/aromatic N) is 1. The molecule has 5 heteroatoms. The van der Waals surface area contributed by atoms with Gasteiger partial charge in [-0.05, 0) is 41.7 Å². The van der Waals surface area contributed by atoms with E-state index >= 15 is 0 Å². The number of fused-ring (bicyclic) bond motifs is 1. The van der Waals surface area contributed by atoms with Crippen molar-refractivity contribution in [1.29, 1.82) is 0 Å². The van der Waals surface area contributed by atoms with Crippen LogP contribution in [0.1, 0.15) is 29.4 Å². The first kappa shape index (κ1) is 15.7. The van der Waals surface area contributed by atoms with Crippen LogP contribution in [0.5, 0.6) is 5.75 Å². The number of hydrogen-bond acceptors (Lipinski definition) is 3. The zero-order valence-corrected chi connectivity index (χ0v) is 13.9. The maximum atomic E-state index is 13.0. The van der Waals surface area contributed by atoms with E-state index in [2.05, 4.69) is 0 Å². The Kier molecular flexibility index (Phi) is 3.71. The molecule has 2 aromatic rings. The van der Waals surface area contributed by atoms with E-state index in [-0.39, 0.29) is 24.3 Å². The molecule has 3 unspecified atom stereocenters. The van der Waals surface area contributed by atoms with Crippen molar-refractivity contribution in [2.75, 3.05) is 18.6 Å². The standard InChI is InChI=1S/C20H19NO4/c1-25-13-6-4-5-12(9-13)15-10-16(15)19(22)21-11-17(20(23)24)14-7-2-3-8-18(14)21/h2-9,15-17H,10-11H2,1H3,(H,23,24). The first-order valence-electron chi connectivity index (χ1n) is 8.37. The quantitative estimate of drug-likeness (QED) is 0.931. The fourth-order valence-electron chi connectivity index (χ4n) is 3.74. The third kappa shape index (κ3) is 2.65. The molecule has 0 radical (unpaired) electrons. The lowest BCUT2D eigenvalue weighted by Crippen LogP contribution is -2.32. The fraction of sp³-hybridized carbons (Fsp3) is 0.300. The van der Waals surface area contributed by atoms with Crippen LogP contribution in [0.2, 0.25) is 0 Å². The van der Waals surface area contributed by atoms with Crippen LogP contribution in [-0.4, -0.2) is 30.6 Å². The van der Waals surface area contributed by atoms with Crippen molar-refractivity contribution in [3.8, 4) is 5.75 Å². The maximum absolute atomic E-state index is 13.0. The molecule has 0 spiro atoms. The van der Waals surface area contributed by atoms with Crippen LogP contribution >= 0.6 is 0 Å². The highest BCUT2D eigenvalue weighted by Crippen LogP contribution is 2.50. The van der Waals surface area contributed by atoms with Crippen LogP contribution in [0.3, 0.4) is 0 Å². The normalized spacial score (nSPS) is 23.9. The summed E-state index contributed by atoms with van der Waals surface area (Å²) >= 11 is 0. The predicted molar refractivity (Wildman–Crippen MR) is 93.0 cm³/mol. The molecule has 1 fully saturated rings. The minimum Gasteiger partial charge on any atom is -0.497 e. The van der Waals surface area contributed by atoms with Gasteiger partial charge in [0.05, 0.1) is 7.11 Å². The van der Waals surface area contributed by atoms with Gasteiger partial charge in [-0.25, -0.2) is 0 Å². The molecule has 1 aliphatic carbocycles. The number of carbonyl (C=O) groups is 2. The molecule has 4 rings (SSSR count). The second-order valence-corrected chi connectivity index (χ2v) is 6.62. The lowest BCUT2D eigenvalue weighted by atomic mass is 10.0. The van der Waals surface area contributed by atoms with Crippen molar-refractivity contribution in [2.45, 2.75) is 18.3 Å². The lowest BCUT2D eigenvalue weighted by Gasteiger charge is -2.17. The number of ether oxygens (including phenoxy) is 1. The first-order valence-corrected chi connectivity index (χ1v) is 8.37. The summed E-state index contributed by atoms with van der Waals surface area (Å²) < 4.78 is 5.25. The molecule has 3 atom stereocenters. The van der Waals surface area contributed by atoms with E-state index < -0.39 is 11.9 Å². The van der Waals surface area contributed by atoms with E-state index in [0.29, 0.717) is 0 Å². The summed E-state index contributed by atoms with van der Waals surface area (Å²) in [5.74, 6) is -0.638. The molecule has 1 aliphatic heterocycles. The molecule has 1 saturated carbocycles. The van der Waals surface area contributed by atoms with Gasteiger partial charge in [0.25, 0.3) is 0 Å². The number of carboxylic acid groups (broad SMARTS) is 1. The van der Waals surface area contributed by atoms with Crippen LogP contribution in [0.15, 0.2) is 48.5 Å². The van der Waals surface area contributed by atoms with Gasteiger partial charge in [-0.2, -0.15) is 0 Å². The number of rotatable bonds is 4. The third-order valence-corrected chi connectivity index (χ3v) is 5.16. The van der Waals surface area contributed by atoms with Crippen molar-refractivity contribution in [3.63, 3.8) is 0 Å². The summed E-state index contributed by atoms with van der Waals surface area (Å²) in [6.45, 7) is 0.217. The zero-order chi connectivity index (χ0) is 17.6. The van der Waals surface area contributed by atoms with Gasteiger partial charge in [0.15, 0.2) is 0 Å². The lowest BCUT2D eigenvalue weighted by molar-refractivity contribution is -0.138. The van der Waals surface area contributed by atoms with Gasteiger partial charge >= 0.3 is 5.97 Å². The Morgan fingerprint density at radius 2 is 1.96 bits per heavy atom. The Morgan fingerprint density at radius 3 is 2.72 bits per heavy atom. The molecule has 0 saturated heterocycles. The van der Waals surface area contributed by atoms with Crippen molar-refractivity contribution >= 4 is 17.6 Å². The Labute approximate surface area is 145 Å². The van der Waals surface area contributed by atoms with Crippen molar-refractivity contribution in [1.82, 2.24) is 0 Å². The highest BCUT2D eigenvalue weighted by molar-refractivity contribution is 6.01. The van der Waals surface area contributed by atoms with Gasteiger partial charge in [0, 0.05) is 18.2 Å². The Hall–Kier alpha value is -2.82. The van der Waals surface area contributed by atoms with Gasteiger partial charge in [0.2, 0.25) is 5.91 Å². The van der Waals surface area contributed by atoms with Crippen LogP contribution < -0.4 is 9.64 Å². The van der Waals surface area contributed by atoms with Crippen molar-refractivity contribution in [3.05, 3.63) is 59.7 Å². The van der Waals surface area contributed by atoms with Gasteiger partial charge < -0.3 is 14.7 Å². The fourth-order valence-corrected chi connectivity index (χ4v) is 3.74. The average Bonchev–Trinajstić information content (AvgIpc) is 3.34. The molecule has 0 bridgehead atoms. The summed E-state index contributed by atoms with van der Waals surface area (Å²) in [5.41, 5.74) is 2.55. The molecule has 0 aromatic heterocycles. The Morgan fingerprint density at radius 1 is 1.16 bits per heavy atom. The second kappa shape index (κ2) is 5.92. The molecule has 1 heterocycles. The summed E-state index contributed by atoms with van der Waals surface area (Å²) in [4.78, 5) is 26.2. The van der Waals surface area contributed by atoms with Crippen molar-refractivity contribution in [2.24, 2.45) is 5.92 Å². The number of carbonyl (C=O) groups excluding carboxylic acids is 1. The predicted octanol–water partition coefficient (Wildman–Crippen LogP) is 3.01. The molecular formula is C20H19NO4. The van der Waals surface area contributed by atoms with E-state index in [4.69, 9.17) is 4.74 Å². The van der Waals surface area contributed by atoms with Crippen LogP contribution in [-0.2, 0) is 9.59 Å². The number of methoxy groups -OCH3 is 1. The first-order chi connectivity index (χ1) is 12.1. The summed E-state index contributed by atoms with van der Waals surface area (Å²) in [5, 5.41) is 9.45. The van der Waals surface area contributed by atoms with E-state index in [9.17, 15) is 14.7 Å². The number of amides is 1. The third-order valence-electron chi connectivity index (χ3n) is 5.16. The number of para-hydroxylation sites is 1. The number of anilines is 1. The minimum atomic E-state index is -0.886. The van der Waals surface area contributed by atoms with E-state index in [1.165, 1.54) is 0 Å². The summed E-state index contributed by atoms with van der Waals surface area (Å²) in [6, 6.07) is 15.1. The topological polar surface area (TPSA) is 66.8 Å². The van der Waals surface area contributed by atoms with Gasteiger partial charge in [-0.3, -0.25) is 9.59 Å². The summed E-state index contributed by atoms with van der Waals surface area (Å²) in [6.07, 6.45) is 0.794. The highest BCUT2D eigenvalue weighted by Gasteiger charge is 2.48. The molecule has 25 heavy (non-hydrogen) atoms. The van der Waals surface area contributed by atoms with Gasteiger partial charge in [-0.15, -0.1) is 0 Å². The molecule has 1 amide bonds. The molecule has 5 nitrogen and oxygen atoms in total. The average molecular weight is 337 g/mol. The van der Waals surface area contributed by atoms with E-state index in [1.807, 2.05) is 42.5 Å². The van der Waals surface area contributed by atoms with Gasteiger partial charge in [-0.1, -0.05) is 30.3 Å². The highest BCUT2D eigenvalue weighted by atomic mass is 16.5. The van der Waals surface area contributed by atoms with Crippen LogP contribution in [0.25, 0.3) is 0 Å². The second-order valence-electron chi connectivity index (χ2n) is 6.62. The van der Waals surface area contributed by atoms with E-state index in [1.54, 1.807) is 18.1 Å². The van der Waals surface area contributed by atoms with Crippen LogP contribution in [0.4, 0.5) is 5.69 Å². The monoisotopic (exact) mass is 337 g/mol. The molecule has 2 aromatic carbocycles. The molecule has 2 aliphatic rings. The zero-order valence-electron chi connectivity index (χ0n) is 13.9. The number of carboxylic acids is 1. The maximum Gasteiger partial charge on any atom is 0.312 e. The number of hydrogen-bond donors (Lipinski definition) is 1. The molecule has 128 valence electrons. The van der Waals surface area contributed by atoms with Crippen LogP contribution in [0, 0.1) is 5.92 Å². The van der Waals surface area contributed by atoms with Gasteiger partial charge in [0.1, 0.15) is 11.7 Å². The molecular weight excluding hydrogens is 318 g/mol. The summed E-state index contributed by atoms with van der Waals surface area (Å²) in [7, 11) is 1.63.